The molecule has 216 valence electrons. The van der Waals surface area contributed by atoms with E-state index in [1.54, 1.807) is 0 Å². The van der Waals surface area contributed by atoms with Crippen LogP contribution in [-0.4, -0.2) is 57.9 Å². The van der Waals surface area contributed by atoms with Crippen molar-refractivity contribution in [1.82, 2.24) is 9.78 Å². The number of hydrogen-bond acceptors (Lipinski definition) is 2. The number of alkyl halides is 21. The predicted octanol–water partition coefficient (Wildman–Crippen LogP) is 6.94. The Hall–Kier alpha value is -2.59. The number of rotatable bonds is 6. The van der Waals surface area contributed by atoms with Gasteiger partial charge in [0.2, 0.25) is 0 Å². The van der Waals surface area contributed by atoms with E-state index in [4.69, 9.17) is 0 Å². The molecule has 3 nitrogen and oxygen atoms in total. The molecule has 0 bridgehead atoms. The molecule has 37 heavy (non-hydrogen) atoms. The first-order valence-electron chi connectivity index (χ1n) is 7.87. The maximum Gasteiger partial charge on any atom is 0.473 e. The van der Waals surface area contributed by atoms with Gasteiger partial charge in [0, 0.05) is 0 Å². The molecule has 1 aromatic heterocycles. The van der Waals surface area contributed by atoms with Crippen LogP contribution < -0.4 is 0 Å². The third kappa shape index (κ3) is 4.52. The highest BCUT2D eigenvalue weighted by molar-refractivity contribution is 5.84. The summed E-state index contributed by atoms with van der Waals surface area (Å²) >= 11 is 0. The van der Waals surface area contributed by atoms with Crippen molar-refractivity contribution in [3.05, 3.63) is 17.5 Å². The molecule has 1 heterocycles. The van der Waals surface area contributed by atoms with Crippen LogP contribution in [0, 0.1) is 0 Å². The number of carbonyl (C=O) groups excluding carboxylic acids is 1. The van der Waals surface area contributed by atoms with Crippen LogP contribution in [-0.2, 0) is 11.8 Å². The zero-order valence-corrected chi connectivity index (χ0v) is 15.8. The van der Waals surface area contributed by atoms with E-state index in [1.807, 2.05) is 0 Å². The Bertz CT molecular complexity index is 1020. The fourth-order valence-corrected chi connectivity index (χ4v) is 2.11. The first-order valence-corrected chi connectivity index (χ1v) is 7.87. The number of aromatic nitrogens is 2. The molecule has 0 radical (unpaired) electrons. The summed E-state index contributed by atoms with van der Waals surface area (Å²) in [6.45, 7) is 0. The van der Waals surface area contributed by atoms with Gasteiger partial charge in [-0.15, -0.1) is 0 Å². The van der Waals surface area contributed by atoms with Gasteiger partial charge in [-0.1, -0.05) is 0 Å². The molecule has 0 aliphatic rings. The SMILES string of the molecule is O=C(n1nc(C(F)(F)C(F)(F)C(F)(F)C(F)(F)F)cc1C(F)(F)C(F)(F)C(F)(F)C(F)(F)F)C(F)(F)F. The van der Waals surface area contributed by atoms with Gasteiger partial charge in [-0.2, -0.15) is 102 Å². The molecule has 0 spiro atoms. The lowest BCUT2D eigenvalue weighted by atomic mass is 9.98. The van der Waals surface area contributed by atoms with Crippen LogP contribution in [0.5, 0.6) is 0 Å². The molecule has 0 unspecified atom stereocenters. The largest absolute Gasteiger partial charge is 0.473 e. The zero-order chi connectivity index (χ0) is 30.2. The predicted molar refractivity (Wildman–Crippen MR) is 68.6 cm³/mol. The van der Waals surface area contributed by atoms with Gasteiger partial charge >= 0.3 is 60.0 Å². The first kappa shape index (κ1) is 32.4. The average Bonchev–Trinajstić information content (AvgIpc) is 3.10. The molecule has 0 amide bonds. The average molecular weight is 600 g/mol. The number of nitrogens with zero attached hydrogens (tertiary/aromatic N) is 2. The molecular weight excluding hydrogens is 599 g/mol. The fraction of sp³-hybridized carbons (Fsp3) is 0.692. The normalized spacial score (nSPS) is 15.8. The molecular formula is C13HF21N2O. The van der Waals surface area contributed by atoms with Crippen molar-refractivity contribution in [1.29, 1.82) is 0 Å². The van der Waals surface area contributed by atoms with Gasteiger partial charge in [-0.05, 0) is 6.07 Å². The lowest BCUT2D eigenvalue weighted by Crippen LogP contribution is -2.60. The smallest absolute Gasteiger partial charge is 0.262 e. The van der Waals surface area contributed by atoms with Gasteiger partial charge in [-0.3, -0.25) is 4.79 Å². The summed E-state index contributed by atoms with van der Waals surface area (Å²) in [7, 11) is 0. The lowest BCUT2D eigenvalue weighted by Gasteiger charge is -2.33. The van der Waals surface area contributed by atoms with Crippen LogP contribution in [0.25, 0.3) is 0 Å². The van der Waals surface area contributed by atoms with Gasteiger partial charge < -0.3 is 0 Å². The van der Waals surface area contributed by atoms with Gasteiger partial charge in [0.15, 0.2) is 0 Å². The highest BCUT2D eigenvalue weighted by atomic mass is 19.4. The molecule has 0 N–H and O–H groups in total. The maximum absolute atomic E-state index is 14.0. The molecule has 0 saturated carbocycles. The number of halogens is 21. The second-order valence-corrected chi connectivity index (χ2v) is 6.57. The van der Waals surface area contributed by atoms with Crippen LogP contribution >= 0.6 is 0 Å². The molecule has 0 aliphatic heterocycles. The van der Waals surface area contributed by atoms with Crippen molar-refractivity contribution in [3.63, 3.8) is 0 Å². The van der Waals surface area contributed by atoms with Crippen LogP contribution in [0.3, 0.4) is 0 Å². The summed E-state index contributed by atoms with van der Waals surface area (Å²) in [4.78, 5) is 11.1. The van der Waals surface area contributed by atoms with E-state index in [9.17, 15) is 97.0 Å². The molecule has 0 atom stereocenters. The molecule has 0 aliphatic carbocycles. The third-order valence-electron chi connectivity index (χ3n) is 4.08. The minimum atomic E-state index is -8.06. The standard InChI is InChI=1S/C13HF21N2O/c14-5(15,8(21,22)10(25,26)12(29,30)31)2-1-3(36(35-2)4(37)7(18,19)20)6(16,17)9(23,24)11(27,28)13(32,33)34/h1H. The fourth-order valence-electron chi connectivity index (χ4n) is 2.11. The monoisotopic (exact) mass is 600 g/mol. The van der Waals surface area contributed by atoms with Crippen molar-refractivity contribution < 1.29 is 97.0 Å². The summed E-state index contributed by atoms with van der Waals surface area (Å²) in [5, 5.41) is 1.21. The second-order valence-electron chi connectivity index (χ2n) is 6.57. The van der Waals surface area contributed by atoms with E-state index in [0.717, 1.165) is 0 Å². The van der Waals surface area contributed by atoms with E-state index in [2.05, 4.69) is 0 Å². The lowest BCUT2D eigenvalue weighted by molar-refractivity contribution is -0.400. The zero-order valence-electron chi connectivity index (χ0n) is 15.8. The van der Waals surface area contributed by atoms with E-state index in [0.29, 0.717) is 0 Å². The Morgan fingerprint density at radius 3 is 1.16 bits per heavy atom. The van der Waals surface area contributed by atoms with E-state index < -0.39 is 82.1 Å². The van der Waals surface area contributed by atoms with Crippen LogP contribution in [0.2, 0.25) is 0 Å². The quantitative estimate of drug-likeness (QED) is 0.332. The summed E-state index contributed by atoms with van der Waals surface area (Å²) in [6, 6.07) is -2.09. The van der Waals surface area contributed by atoms with Crippen molar-refractivity contribution in [2.75, 3.05) is 0 Å². The van der Waals surface area contributed by atoms with Gasteiger partial charge in [0.1, 0.15) is 11.4 Å². The Morgan fingerprint density at radius 1 is 0.541 bits per heavy atom. The molecule has 1 aromatic rings. The highest BCUT2D eigenvalue weighted by Crippen LogP contribution is 2.59. The summed E-state index contributed by atoms with van der Waals surface area (Å²) < 4.78 is 269. The van der Waals surface area contributed by atoms with Gasteiger partial charge in [0.05, 0.1) is 0 Å². The number of hydrogen-bond donors (Lipinski definition) is 0. The third-order valence-corrected chi connectivity index (χ3v) is 4.08. The number of carbonyl (C=O) groups is 1. The molecule has 1 rings (SSSR count). The van der Waals surface area contributed by atoms with Crippen LogP contribution in [0.4, 0.5) is 92.2 Å². The Morgan fingerprint density at radius 2 is 0.865 bits per heavy atom. The van der Waals surface area contributed by atoms with Crippen molar-refractivity contribution in [2.45, 2.75) is 54.1 Å². The summed E-state index contributed by atoms with van der Waals surface area (Å²) in [5.74, 6) is -51.2. The van der Waals surface area contributed by atoms with Crippen molar-refractivity contribution in [2.24, 2.45) is 0 Å². The molecule has 0 fully saturated rings. The van der Waals surface area contributed by atoms with Crippen molar-refractivity contribution >= 4 is 5.91 Å². The summed E-state index contributed by atoms with van der Waals surface area (Å²) in [6.07, 6.45) is -22.1. The Balaban J connectivity index is 4.09. The maximum atomic E-state index is 14.0. The Labute approximate surface area is 185 Å². The van der Waals surface area contributed by atoms with E-state index >= 15 is 0 Å². The Kier molecular flexibility index (Phi) is 7.19. The highest BCUT2D eigenvalue weighted by Gasteiger charge is 2.84. The first-order chi connectivity index (χ1) is 15.7. The summed E-state index contributed by atoms with van der Waals surface area (Å²) in [5.41, 5.74) is -8.01. The van der Waals surface area contributed by atoms with Gasteiger partial charge in [-0.25, -0.2) is 0 Å². The van der Waals surface area contributed by atoms with Crippen LogP contribution in [0.1, 0.15) is 16.2 Å². The van der Waals surface area contributed by atoms with Crippen LogP contribution in [0.15, 0.2) is 6.07 Å². The molecule has 0 saturated heterocycles. The van der Waals surface area contributed by atoms with E-state index in [1.165, 1.54) is 5.10 Å². The molecule has 24 heteroatoms. The topological polar surface area (TPSA) is 34.9 Å². The molecule has 0 aromatic carbocycles. The van der Waals surface area contributed by atoms with Crippen molar-refractivity contribution in [3.8, 4) is 0 Å². The minimum Gasteiger partial charge on any atom is -0.262 e. The second kappa shape index (κ2) is 8.20. The van der Waals surface area contributed by atoms with Gasteiger partial charge in [0.25, 0.3) is 0 Å². The van der Waals surface area contributed by atoms with E-state index in [-0.39, 0.29) is 0 Å². The minimum absolute atomic E-state index is 1.21.